The van der Waals surface area contributed by atoms with Gasteiger partial charge in [-0.05, 0) is 25.5 Å². The summed E-state index contributed by atoms with van der Waals surface area (Å²) in [6, 6.07) is 4.98. The van der Waals surface area contributed by atoms with E-state index in [4.69, 9.17) is 75.3 Å². The fourth-order valence-electron chi connectivity index (χ4n) is 3.75. The van der Waals surface area contributed by atoms with Gasteiger partial charge in [-0.15, -0.1) is 0 Å². The first-order chi connectivity index (χ1) is 17.7. The minimum absolute atomic E-state index is 0.289. The van der Waals surface area contributed by atoms with Gasteiger partial charge in [0.2, 0.25) is 0 Å². The number of aryl methyl sites for hydroxylation is 2. The second kappa shape index (κ2) is 12.0. The standard InChI is InChI=1S/C9H10Cl2N2O.C8H7Cl2N3.C6H7Cl2N3/c1-9(14)4-5-3-6(10)12-8(11)7(5)13(9)2;1-4-11-5-3-6(9)12-8(10)7(5)13(4)2;1-10-5-3(9)2-4(7)11-6(5)8/h3,14H,4H2,1-2H3;3H,1-2H3;2,10H,1H3,(H2,9,11). The number of nitrogens with zero attached hydrogens (tertiary/aromatic N) is 6. The number of hydrogen-bond donors (Lipinski definition) is 3. The molecule has 1 unspecified atom stereocenters. The van der Waals surface area contributed by atoms with Crippen molar-refractivity contribution in [3.05, 3.63) is 60.5 Å². The molecule has 0 amide bonds. The molecular formula is C23H24Cl6N8O. The maximum atomic E-state index is 10.00. The highest BCUT2D eigenvalue weighted by Crippen LogP contribution is 2.41. The number of fused-ring (bicyclic) bond motifs is 2. The number of pyridine rings is 3. The molecule has 0 saturated heterocycles. The number of likely N-dealkylation sites (N-methyl/N-ethyl adjacent to an activating group) is 1. The van der Waals surface area contributed by atoms with Crippen LogP contribution >= 0.6 is 69.6 Å². The maximum absolute atomic E-state index is 10.00. The molecule has 0 saturated carbocycles. The van der Waals surface area contributed by atoms with Crippen molar-refractivity contribution in [2.45, 2.75) is 26.0 Å². The van der Waals surface area contributed by atoms with Crippen LogP contribution in [0.5, 0.6) is 0 Å². The fraction of sp³-hybridized carbons (Fsp3) is 0.304. The van der Waals surface area contributed by atoms with E-state index in [2.05, 4.69) is 25.3 Å². The highest BCUT2D eigenvalue weighted by Gasteiger charge is 2.37. The molecule has 4 aromatic rings. The van der Waals surface area contributed by atoms with Crippen molar-refractivity contribution in [1.82, 2.24) is 24.5 Å². The Hall–Kier alpha value is -1.98. The molecule has 204 valence electrons. The summed E-state index contributed by atoms with van der Waals surface area (Å²) in [7, 11) is 5.40. The maximum Gasteiger partial charge on any atom is 0.156 e. The molecule has 0 spiro atoms. The Morgan fingerprint density at radius 2 is 1.45 bits per heavy atom. The Kier molecular flexibility index (Phi) is 9.68. The number of nitrogens with one attached hydrogen (secondary N) is 1. The van der Waals surface area contributed by atoms with Gasteiger partial charge >= 0.3 is 0 Å². The summed E-state index contributed by atoms with van der Waals surface area (Å²) in [5.74, 6) is 0.890. The summed E-state index contributed by atoms with van der Waals surface area (Å²) >= 11 is 34.7. The predicted octanol–water partition coefficient (Wildman–Crippen LogP) is 6.69. The van der Waals surface area contributed by atoms with E-state index in [0.29, 0.717) is 43.6 Å². The predicted molar refractivity (Wildman–Crippen MR) is 158 cm³/mol. The van der Waals surface area contributed by atoms with Crippen LogP contribution in [-0.2, 0) is 13.5 Å². The number of rotatable bonds is 1. The zero-order valence-corrected chi connectivity index (χ0v) is 25.5. The van der Waals surface area contributed by atoms with Crippen LogP contribution in [0.4, 0.5) is 17.1 Å². The van der Waals surface area contributed by atoms with Gasteiger partial charge in [0.05, 0.1) is 22.6 Å². The Balaban J connectivity index is 0.000000159. The number of nitrogen functional groups attached to an aromatic ring is 1. The van der Waals surface area contributed by atoms with E-state index in [0.717, 1.165) is 28.1 Å². The highest BCUT2D eigenvalue weighted by molar-refractivity contribution is 6.36. The van der Waals surface area contributed by atoms with Crippen LogP contribution in [0.25, 0.3) is 11.0 Å². The third kappa shape index (κ3) is 6.59. The van der Waals surface area contributed by atoms with E-state index in [1.54, 1.807) is 44.1 Å². The molecule has 15 heteroatoms. The summed E-state index contributed by atoms with van der Waals surface area (Å²) in [6.07, 6.45) is 0.515. The second-order valence-corrected chi connectivity index (χ2v) is 10.7. The van der Waals surface area contributed by atoms with Crippen molar-refractivity contribution in [2.75, 3.05) is 30.0 Å². The number of imidazole rings is 1. The molecule has 4 aromatic heterocycles. The van der Waals surface area contributed by atoms with Crippen LogP contribution in [0.15, 0.2) is 18.2 Å². The monoisotopic (exact) mass is 638 g/mol. The minimum Gasteiger partial charge on any atom is -0.397 e. The molecule has 5 rings (SSSR count). The average molecular weight is 641 g/mol. The zero-order chi connectivity index (χ0) is 28.5. The van der Waals surface area contributed by atoms with Gasteiger partial charge in [0.15, 0.2) is 15.5 Å². The summed E-state index contributed by atoms with van der Waals surface area (Å²) in [6.45, 7) is 3.64. The number of aromatic nitrogens is 5. The zero-order valence-electron chi connectivity index (χ0n) is 20.9. The third-order valence-electron chi connectivity index (χ3n) is 5.81. The second-order valence-electron chi connectivity index (χ2n) is 8.47. The first kappa shape index (κ1) is 30.6. The van der Waals surface area contributed by atoms with Crippen LogP contribution in [0.1, 0.15) is 18.3 Å². The van der Waals surface area contributed by atoms with Crippen molar-refractivity contribution in [3.63, 3.8) is 0 Å². The van der Waals surface area contributed by atoms with E-state index in [1.165, 1.54) is 0 Å². The molecule has 1 aliphatic heterocycles. The average Bonchev–Trinajstić information content (AvgIpc) is 3.19. The fourth-order valence-corrected chi connectivity index (χ4v) is 5.44. The molecule has 9 nitrogen and oxygen atoms in total. The molecule has 0 bridgehead atoms. The van der Waals surface area contributed by atoms with Gasteiger partial charge in [0, 0.05) is 39.7 Å². The minimum atomic E-state index is -0.904. The van der Waals surface area contributed by atoms with E-state index in [1.807, 2.05) is 18.5 Å². The Bertz CT molecular complexity index is 1470. The van der Waals surface area contributed by atoms with Crippen molar-refractivity contribution in [3.8, 4) is 0 Å². The lowest BCUT2D eigenvalue weighted by Crippen LogP contribution is -2.40. The summed E-state index contributed by atoms with van der Waals surface area (Å²) < 4.78 is 1.89. The first-order valence-corrected chi connectivity index (χ1v) is 13.2. The van der Waals surface area contributed by atoms with Crippen LogP contribution in [-0.4, -0.2) is 49.4 Å². The van der Waals surface area contributed by atoms with Crippen molar-refractivity contribution in [2.24, 2.45) is 7.05 Å². The largest absolute Gasteiger partial charge is 0.397 e. The molecule has 38 heavy (non-hydrogen) atoms. The third-order valence-corrected chi connectivity index (χ3v) is 7.19. The molecule has 1 atom stereocenters. The van der Waals surface area contributed by atoms with Gasteiger partial charge in [0.1, 0.15) is 32.5 Å². The summed E-state index contributed by atoms with van der Waals surface area (Å²) in [4.78, 5) is 17.7. The highest BCUT2D eigenvalue weighted by atomic mass is 35.5. The number of halogens is 6. The van der Waals surface area contributed by atoms with Crippen LogP contribution in [0, 0.1) is 6.92 Å². The lowest BCUT2D eigenvalue weighted by Gasteiger charge is -2.28. The summed E-state index contributed by atoms with van der Waals surface area (Å²) in [5, 5.41) is 14.9. The van der Waals surface area contributed by atoms with Crippen molar-refractivity contribution < 1.29 is 5.11 Å². The SMILES string of the molecule is CN1c2c(cc(Cl)nc2Cl)CC1(C)O.CNc1c(N)cc(Cl)nc1Cl.Cc1nc2cc(Cl)nc(Cl)c2n1C. The quantitative estimate of drug-likeness (QED) is 0.197. The molecule has 0 aromatic carbocycles. The topological polar surface area (TPSA) is 118 Å². The lowest BCUT2D eigenvalue weighted by atomic mass is 10.1. The molecule has 4 N–H and O–H groups in total. The number of nitrogens with two attached hydrogens (primary N) is 1. The van der Waals surface area contributed by atoms with Crippen molar-refractivity contribution >= 4 is 97.7 Å². The van der Waals surface area contributed by atoms with E-state index in [9.17, 15) is 5.11 Å². The van der Waals surface area contributed by atoms with Crippen LogP contribution in [0.2, 0.25) is 30.9 Å². The van der Waals surface area contributed by atoms with Gasteiger partial charge < -0.3 is 25.6 Å². The molecule has 0 aliphatic carbocycles. The molecule has 5 heterocycles. The Labute approximate surface area is 249 Å². The normalized spacial score (nSPS) is 15.9. The van der Waals surface area contributed by atoms with Crippen LogP contribution < -0.4 is 16.0 Å². The Morgan fingerprint density at radius 1 is 0.895 bits per heavy atom. The molecular weight excluding hydrogens is 617 g/mol. The van der Waals surface area contributed by atoms with Crippen LogP contribution in [0.3, 0.4) is 0 Å². The number of anilines is 3. The smallest absolute Gasteiger partial charge is 0.156 e. The number of hydrogen-bond acceptors (Lipinski definition) is 8. The van der Waals surface area contributed by atoms with E-state index >= 15 is 0 Å². The lowest BCUT2D eigenvalue weighted by molar-refractivity contribution is 0.0709. The molecule has 0 radical (unpaired) electrons. The van der Waals surface area contributed by atoms with Gasteiger partial charge in [-0.1, -0.05) is 69.6 Å². The number of aliphatic hydroxyl groups is 1. The van der Waals surface area contributed by atoms with E-state index in [-0.39, 0.29) is 5.15 Å². The first-order valence-electron chi connectivity index (χ1n) is 10.9. The van der Waals surface area contributed by atoms with Gasteiger partial charge in [-0.25, -0.2) is 19.9 Å². The van der Waals surface area contributed by atoms with Gasteiger partial charge in [0.25, 0.3) is 0 Å². The van der Waals surface area contributed by atoms with Gasteiger partial charge in [-0.3, -0.25) is 0 Å². The molecule has 1 aliphatic rings. The van der Waals surface area contributed by atoms with E-state index < -0.39 is 5.72 Å². The Morgan fingerprint density at radius 3 is 2.05 bits per heavy atom. The van der Waals surface area contributed by atoms with Crippen molar-refractivity contribution in [1.29, 1.82) is 0 Å². The molecule has 0 fully saturated rings. The van der Waals surface area contributed by atoms with Gasteiger partial charge in [-0.2, -0.15) is 0 Å². The summed E-state index contributed by atoms with van der Waals surface area (Å²) in [5.41, 5.74) is 9.06.